The van der Waals surface area contributed by atoms with E-state index in [1.54, 1.807) is 0 Å². The molecule has 14 heteroatoms. The molecule has 438 valence electrons. The van der Waals surface area contributed by atoms with Gasteiger partial charge in [-0.1, -0.05) is 86.6 Å². The van der Waals surface area contributed by atoms with Crippen molar-refractivity contribution in [1.29, 1.82) is 0 Å². The number of aliphatic hydroxyl groups is 3. The van der Waals surface area contributed by atoms with Crippen LogP contribution in [0.4, 0.5) is 0 Å². The van der Waals surface area contributed by atoms with Gasteiger partial charge in [0.05, 0.1) is 25.5 Å². The van der Waals surface area contributed by atoms with Gasteiger partial charge in [-0.25, -0.2) is 0 Å². The Kier molecular flexibility index (Phi) is 17.9. The fourth-order valence-electron chi connectivity index (χ4n) is 13.8. The van der Waals surface area contributed by atoms with Crippen LogP contribution < -0.4 is 35.5 Å². The number of phenols is 2. The maximum absolute atomic E-state index is 12.0. The predicted molar refractivity (Wildman–Crippen MR) is 327 cm³/mol. The lowest BCUT2D eigenvalue weighted by atomic mass is 9.62. The second-order valence-electron chi connectivity index (χ2n) is 24.1. The van der Waals surface area contributed by atoms with Crippen molar-refractivity contribution >= 4 is 17.0 Å². The van der Waals surface area contributed by atoms with Crippen molar-refractivity contribution in [2.24, 2.45) is 5.92 Å². The summed E-state index contributed by atoms with van der Waals surface area (Å²) in [5.74, 6) is 2.01. The molecular formula is C69H83N5O9. The van der Waals surface area contributed by atoms with E-state index in [0.717, 1.165) is 86.1 Å². The van der Waals surface area contributed by atoms with Crippen molar-refractivity contribution in [3.05, 3.63) is 177 Å². The molecule has 0 radical (unpaired) electrons. The van der Waals surface area contributed by atoms with Gasteiger partial charge < -0.3 is 65.4 Å². The zero-order valence-electron chi connectivity index (χ0n) is 48.5. The number of phenolic OH excluding ortho intramolecular Hbond substituents is 2. The van der Waals surface area contributed by atoms with Crippen molar-refractivity contribution in [2.45, 2.75) is 114 Å². The van der Waals surface area contributed by atoms with Crippen LogP contribution >= 0.6 is 0 Å². The van der Waals surface area contributed by atoms with Gasteiger partial charge in [-0.3, -0.25) is 5.32 Å². The summed E-state index contributed by atoms with van der Waals surface area (Å²) in [5, 5.41) is 71.7. The van der Waals surface area contributed by atoms with Crippen LogP contribution in [0.2, 0.25) is 0 Å². The number of aromatic nitrogens is 1. The van der Waals surface area contributed by atoms with Crippen molar-refractivity contribution < 1.29 is 44.5 Å². The fourth-order valence-corrected chi connectivity index (χ4v) is 13.8. The zero-order valence-corrected chi connectivity index (χ0v) is 48.5. The number of aromatic amines is 1. The van der Waals surface area contributed by atoms with Crippen LogP contribution in [-0.4, -0.2) is 114 Å². The largest absolute Gasteiger partial charge is 0.507 e. The van der Waals surface area contributed by atoms with Crippen LogP contribution in [0.15, 0.2) is 121 Å². The van der Waals surface area contributed by atoms with Crippen LogP contribution in [-0.2, 0) is 43.3 Å². The molecular weight excluding hydrogens is 1040 g/mol. The number of benzene rings is 6. The number of ether oxygens (including phenoxy) is 4. The Morgan fingerprint density at radius 1 is 0.831 bits per heavy atom. The van der Waals surface area contributed by atoms with Gasteiger partial charge in [-0.15, -0.1) is 0 Å². The molecule has 2 aliphatic carbocycles. The molecule has 0 fully saturated rings. The van der Waals surface area contributed by atoms with E-state index in [-0.39, 0.29) is 55.6 Å². The Morgan fingerprint density at radius 3 is 2.39 bits per heavy atom. The molecule has 1 aromatic heterocycles. The lowest BCUT2D eigenvalue weighted by Gasteiger charge is -2.48. The van der Waals surface area contributed by atoms with E-state index in [1.165, 1.54) is 16.7 Å². The number of fused-ring (bicyclic) bond motifs is 8. The maximum Gasteiger partial charge on any atom is 0.161 e. The highest BCUT2D eigenvalue weighted by molar-refractivity contribution is 5.90. The van der Waals surface area contributed by atoms with Crippen molar-refractivity contribution in [3.63, 3.8) is 0 Å². The van der Waals surface area contributed by atoms with Gasteiger partial charge in [0.15, 0.2) is 17.6 Å². The van der Waals surface area contributed by atoms with Crippen LogP contribution in [0, 0.1) is 5.92 Å². The van der Waals surface area contributed by atoms with Gasteiger partial charge in [0.2, 0.25) is 0 Å². The average Bonchev–Trinajstić information content (AvgIpc) is 1.72. The minimum Gasteiger partial charge on any atom is -0.507 e. The summed E-state index contributed by atoms with van der Waals surface area (Å²) in [6, 6.07) is 37.4. The van der Waals surface area contributed by atoms with Crippen molar-refractivity contribution in [2.75, 3.05) is 66.4 Å². The Hall–Kier alpha value is -6.72. The molecule has 3 heterocycles. The standard InChI is InChI=1S/C69H83N5O9/c1-43(2)35-68(3,79)39-72-41-73-40-69(81-42-70-4)36-57-54-34-56-61(47-19-23-58-46(30-47)25-27-74-58)50(37-71-26-11-16-44-12-7-5-8-13-44)32-55-59(77)24-22-52(62(55)56)63(54)66-53(21-20-51(38-76)82-66)65(57)83-67(69)49-31-48(18-17-45-14-9-6-10-15-45)64(78)60(33-49)80-29-28-75/h5-10,12-15,19,22-25,27,30-33,43,51,56,61,67,70-79H,11,16-18,20-21,26,28-29,34-42H2,1-4H3/t51-,56+,61-,67+,68-,69-/m0/s1. The van der Waals surface area contributed by atoms with E-state index < -0.39 is 23.4 Å². The number of aromatic hydroxyl groups is 2. The third-order valence-corrected chi connectivity index (χ3v) is 17.4. The number of aryl methyl sites for hydroxylation is 3. The van der Waals surface area contributed by atoms with Crippen LogP contribution in [0.1, 0.15) is 114 Å². The molecule has 0 bridgehead atoms. The lowest BCUT2D eigenvalue weighted by molar-refractivity contribution is -0.129. The molecule has 0 spiro atoms. The number of H-pyrrole nitrogens is 1. The van der Waals surface area contributed by atoms with Crippen molar-refractivity contribution in [1.82, 2.24) is 26.3 Å². The van der Waals surface area contributed by atoms with E-state index in [1.807, 2.05) is 56.6 Å². The topological polar surface area (TPSA) is 202 Å². The third-order valence-electron chi connectivity index (χ3n) is 17.4. The molecule has 0 unspecified atom stereocenters. The third kappa shape index (κ3) is 12.4. The maximum atomic E-state index is 12.0. The summed E-state index contributed by atoms with van der Waals surface area (Å²) in [4.78, 5) is 3.41. The molecule has 14 nitrogen and oxygen atoms in total. The number of aliphatic hydroxyl groups excluding tert-OH is 2. The SMILES string of the molecule is CNCO[C@]1(CNCNC[C@@](C)(O)CC(C)C)Cc2c3c(c4c(c2O[C@@H]1c1cc(CCc2ccccc2)c(O)c(OCCO)c1)CC[C@@H](CO)O4)-c1ccc(O)c2c1[C@H](C3)[C@@H](c1ccc3[nH]ccc3c1)C(CNCCCc1ccccc1)=C2. The predicted octanol–water partition coefficient (Wildman–Crippen LogP) is 9.67. The molecule has 4 aliphatic rings. The number of hydrogen-bond donors (Lipinski definition) is 10. The monoisotopic (exact) mass is 1130 g/mol. The van der Waals surface area contributed by atoms with Crippen LogP contribution in [0.25, 0.3) is 28.1 Å². The van der Waals surface area contributed by atoms with Crippen molar-refractivity contribution in [3.8, 4) is 39.9 Å². The van der Waals surface area contributed by atoms with Gasteiger partial charge in [0.25, 0.3) is 0 Å². The molecule has 7 aromatic rings. The first-order valence-corrected chi connectivity index (χ1v) is 30.0. The Morgan fingerprint density at radius 2 is 1.63 bits per heavy atom. The highest BCUT2D eigenvalue weighted by atomic mass is 16.6. The molecule has 2 aliphatic heterocycles. The summed E-state index contributed by atoms with van der Waals surface area (Å²) in [6.07, 6.45) is 8.87. The Bertz CT molecular complexity index is 3400. The second-order valence-corrected chi connectivity index (χ2v) is 24.1. The first kappa shape index (κ1) is 58.1. The first-order chi connectivity index (χ1) is 40.4. The minimum atomic E-state index is -1.12. The second kappa shape index (κ2) is 25.6. The number of hydrogen-bond acceptors (Lipinski definition) is 13. The van der Waals surface area contributed by atoms with Crippen LogP contribution in [0.5, 0.6) is 28.7 Å². The normalized spacial score (nSPS) is 20.4. The Labute approximate surface area is 488 Å². The van der Waals surface area contributed by atoms with E-state index >= 15 is 0 Å². The summed E-state index contributed by atoms with van der Waals surface area (Å²) in [6.45, 7) is 8.36. The highest BCUT2D eigenvalue weighted by Gasteiger charge is 2.51. The number of nitrogens with one attached hydrogen (secondary N) is 5. The van der Waals surface area contributed by atoms with E-state index in [4.69, 9.17) is 18.9 Å². The molecule has 10 N–H and O–H groups in total. The smallest absolute Gasteiger partial charge is 0.161 e. The summed E-state index contributed by atoms with van der Waals surface area (Å²) < 4.78 is 28.3. The molecule has 6 atom stereocenters. The first-order valence-electron chi connectivity index (χ1n) is 30.0. The van der Waals surface area contributed by atoms with Gasteiger partial charge in [0.1, 0.15) is 35.6 Å². The van der Waals surface area contributed by atoms with Gasteiger partial charge in [0, 0.05) is 72.6 Å². The number of rotatable bonds is 26. The Balaban J connectivity index is 1.06. The lowest BCUT2D eigenvalue weighted by Crippen LogP contribution is -2.56. The average molecular weight is 1130 g/mol. The molecule has 0 amide bonds. The molecule has 0 saturated heterocycles. The van der Waals surface area contributed by atoms with Gasteiger partial charge >= 0.3 is 0 Å². The van der Waals surface area contributed by atoms with E-state index in [0.29, 0.717) is 88.5 Å². The quantitative estimate of drug-likeness (QED) is 0.0182. The van der Waals surface area contributed by atoms with Gasteiger partial charge in [-0.05, 0) is 182 Å². The minimum absolute atomic E-state index is 0.0133. The molecule has 83 heavy (non-hydrogen) atoms. The molecule has 6 aromatic carbocycles. The van der Waals surface area contributed by atoms with Crippen LogP contribution in [0.3, 0.4) is 0 Å². The summed E-state index contributed by atoms with van der Waals surface area (Å²) >= 11 is 0. The zero-order chi connectivity index (χ0) is 57.7. The molecule has 11 rings (SSSR count). The highest BCUT2D eigenvalue weighted by Crippen LogP contribution is 2.61. The fraction of sp³-hybridized carbons (Fsp3) is 0.420. The van der Waals surface area contributed by atoms with E-state index in [2.05, 4.69) is 119 Å². The van der Waals surface area contributed by atoms with Gasteiger partial charge in [-0.2, -0.15) is 0 Å². The molecule has 0 saturated carbocycles. The summed E-state index contributed by atoms with van der Waals surface area (Å²) in [7, 11) is 1.86. The summed E-state index contributed by atoms with van der Waals surface area (Å²) in [5.41, 5.74) is 12.1. The van der Waals surface area contributed by atoms with E-state index in [9.17, 15) is 25.5 Å².